The van der Waals surface area contributed by atoms with E-state index in [0.29, 0.717) is 0 Å². The summed E-state index contributed by atoms with van der Waals surface area (Å²) in [5.74, 6) is 1.91. The number of hydrogen-bond acceptors (Lipinski definition) is 1. The minimum absolute atomic E-state index is 0.886. The molecule has 0 amide bonds. The predicted molar refractivity (Wildman–Crippen MR) is 59.7 cm³/mol. The summed E-state index contributed by atoms with van der Waals surface area (Å²) < 4.78 is 0. The van der Waals surface area contributed by atoms with E-state index in [1.54, 1.807) is 0 Å². The molecule has 2 rings (SSSR count). The van der Waals surface area contributed by atoms with E-state index in [9.17, 15) is 0 Å². The van der Waals surface area contributed by atoms with Gasteiger partial charge in [-0.1, -0.05) is 25.7 Å². The van der Waals surface area contributed by atoms with Crippen LogP contribution in [0.25, 0.3) is 0 Å². The van der Waals surface area contributed by atoms with Gasteiger partial charge in [-0.25, -0.2) is 0 Å². The van der Waals surface area contributed by atoms with Crippen molar-refractivity contribution in [1.29, 1.82) is 5.41 Å². The van der Waals surface area contributed by atoms with Crippen LogP contribution in [-0.4, -0.2) is 23.8 Å². The Kier molecular flexibility index (Phi) is 3.44. The third kappa shape index (κ3) is 2.49. The highest BCUT2D eigenvalue weighted by Crippen LogP contribution is 2.28. The Morgan fingerprint density at radius 3 is 2.64 bits per heavy atom. The number of rotatable bonds is 4. The summed E-state index contributed by atoms with van der Waals surface area (Å²) in [6, 6.07) is 0. The van der Waals surface area contributed by atoms with E-state index in [4.69, 9.17) is 5.41 Å². The summed E-state index contributed by atoms with van der Waals surface area (Å²) in [6.45, 7) is 2.29. The molecule has 1 saturated carbocycles. The quantitative estimate of drug-likeness (QED) is 0.731. The van der Waals surface area contributed by atoms with Crippen molar-refractivity contribution in [3.63, 3.8) is 0 Å². The van der Waals surface area contributed by atoms with Crippen molar-refractivity contribution in [2.24, 2.45) is 5.92 Å². The summed E-state index contributed by atoms with van der Waals surface area (Å²) in [6.07, 6.45) is 10.8. The summed E-state index contributed by atoms with van der Waals surface area (Å²) in [7, 11) is 0. The number of likely N-dealkylation sites (tertiary alicyclic amines) is 1. The van der Waals surface area contributed by atoms with Gasteiger partial charge in [-0.05, 0) is 25.2 Å². The lowest BCUT2D eigenvalue weighted by atomic mass is 10.0. The fraction of sp³-hybridized carbons (Fsp3) is 0.917. The van der Waals surface area contributed by atoms with Crippen LogP contribution in [0.1, 0.15) is 51.4 Å². The first-order chi connectivity index (χ1) is 6.86. The van der Waals surface area contributed by atoms with Crippen molar-refractivity contribution in [3.05, 3.63) is 0 Å². The highest BCUT2D eigenvalue weighted by atomic mass is 15.2. The summed E-state index contributed by atoms with van der Waals surface area (Å²) >= 11 is 0. The Bertz CT molecular complexity index is 194. The molecule has 1 aliphatic carbocycles. The van der Waals surface area contributed by atoms with Crippen molar-refractivity contribution >= 4 is 5.84 Å². The molecule has 14 heavy (non-hydrogen) atoms. The summed E-state index contributed by atoms with van der Waals surface area (Å²) in [5.41, 5.74) is 0. The largest absolute Gasteiger partial charge is 0.361 e. The van der Waals surface area contributed by atoms with Crippen molar-refractivity contribution < 1.29 is 0 Å². The van der Waals surface area contributed by atoms with Crippen molar-refractivity contribution in [3.8, 4) is 0 Å². The number of hydrogen-bond donors (Lipinski definition) is 1. The van der Waals surface area contributed by atoms with Crippen LogP contribution >= 0.6 is 0 Å². The zero-order chi connectivity index (χ0) is 9.80. The van der Waals surface area contributed by atoms with Gasteiger partial charge >= 0.3 is 0 Å². The van der Waals surface area contributed by atoms with E-state index < -0.39 is 0 Å². The van der Waals surface area contributed by atoms with E-state index in [2.05, 4.69) is 4.90 Å². The van der Waals surface area contributed by atoms with Crippen LogP contribution in [0, 0.1) is 11.3 Å². The van der Waals surface area contributed by atoms with Gasteiger partial charge in [0.15, 0.2) is 0 Å². The van der Waals surface area contributed by atoms with Gasteiger partial charge in [0.25, 0.3) is 0 Å². The third-order valence-electron chi connectivity index (χ3n) is 3.74. The molecular weight excluding hydrogens is 172 g/mol. The topological polar surface area (TPSA) is 27.1 Å². The molecule has 1 aliphatic heterocycles. The lowest BCUT2D eigenvalue weighted by molar-refractivity contribution is 0.395. The second kappa shape index (κ2) is 4.81. The molecule has 0 aromatic heterocycles. The molecule has 2 fully saturated rings. The second-order valence-corrected chi connectivity index (χ2v) is 4.83. The van der Waals surface area contributed by atoms with Gasteiger partial charge in [0, 0.05) is 19.5 Å². The van der Waals surface area contributed by atoms with Crippen LogP contribution in [0.2, 0.25) is 0 Å². The maximum atomic E-state index is 7.72. The van der Waals surface area contributed by atoms with E-state index in [1.807, 2.05) is 0 Å². The van der Waals surface area contributed by atoms with E-state index in [-0.39, 0.29) is 0 Å². The summed E-state index contributed by atoms with van der Waals surface area (Å²) in [5, 5.41) is 7.72. The minimum Gasteiger partial charge on any atom is -0.361 e. The lowest BCUT2D eigenvalue weighted by Gasteiger charge is -2.18. The van der Waals surface area contributed by atoms with Crippen molar-refractivity contribution in [1.82, 2.24) is 4.90 Å². The first-order valence-corrected chi connectivity index (χ1v) is 6.18. The highest BCUT2D eigenvalue weighted by Gasteiger charge is 2.18. The lowest BCUT2D eigenvalue weighted by Crippen LogP contribution is -2.25. The van der Waals surface area contributed by atoms with Crippen LogP contribution < -0.4 is 0 Å². The van der Waals surface area contributed by atoms with Gasteiger partial charge in [0.1, 0.15) is 0 Å². The molecule has 80 valence electrons. The van der Waals surface area contributed by atoms with E-state index in [0.717, 1.165) is 31.3 Å². The van der Waals surface area contributed by atoms with Gasteiger partial charge in [-0.3, -0.25) is 5.41 Å². The zero-order valence-electron chi connectivity index (χ0n) is 9.10. The Morgan fingerprint density at radius 2 is 2.00 bits per heavy atom. The average molecular weight is 194 g/mol. The Labute approximate surface area is 87.2 Å². The Morgan fingerprint density at radius 1 is 1.21 bits per heavy atom. The van der Waals surface area contributed by atoms with E-state index in [1.165, 1.54) is 44.9 Å². The SMILES string of the molecule is N=C1CCCN1CCCC1CCCC1. The summed E-state index contributed by atoms with van der Waals surface area (Å²) in [4.78, 5) is 2.27. The highest BCUT2D eigenvalue weighted by molar-refractivity contribution is 5.80. The van der Waals surface area contributed by atoms with Crippen LogP contribution in [0.15, 0.2) is 0 Å². The molecule has 0 aromatic rings. The minimum atomic E-state index is 0.886. The van der Waals surface area contributed by atoms with E-state index >= 15 is 0 Å². The van der Waals surface area contributed by atoms with Gasteiger partial charge < -0.3 is 4.90 Å². The number of nitrogens with zero attached hydrogens (tertiary/aromatic N) is 1. The van der Waals surface area contributed by atoms with Crippen molar-refractivity contribution in [2.45, 2.75) is 51.4 Å². The van der Waals surface area contributed by atoms with Gasteiger partial charge in [-0.2, -0.15) is 0 Å². The molecule has 0 radical (unpaired) electrons. The molecular formula is C12H22N2. The van der Waals surface area contributed by atoms with Gasteiger partial charge in [0.05, 0.1) is 5.84 Å². The van der Waals surface area contributed by atoms with Crippen LogP contribution in [0.4, 0.5) is 0 Å². The molecule has 0 atom stereocenters. The molecule has 0 aromatic carbocycles. The predicted octanol–water partition coefficient (Wildman–Crippen LogP) is 3.03. The number of amidine groups is 1. The first-order valence-electron chi connectivity index (χ1n) is 6.18. The smallest absolute Gasteiger partial charge is 0.0958 e. The molecule has 0 unspecified atom stereocenters. The Hall–Kier alpha value is -0.530. The monoisotopic (exact) mass is 194 g/mol. The van der Waals surface area contributed by atoms with Crippen LogP contribution in [0.5, 0.6) is 0 Å². The molecule has 1 N–H and O–H groups in total. The standard InChI is InChI=1S/C12H22N2/c13-12-8-4-10-14(12)9-3-7-11-5-1-2-6-11/h11,13H,1-10H2. The van der Waals surface area contributed by atoms with Crippen molar-refractivity contribution in [2.75, 3.05) is 13.1 Å². The molecule has 2 nitrogen and oxygen atoms in total. The molecule has 1 saturated heterocycles. The third-order valence-corrected chi connectivity index (χ3v) is 3.74. The fourth-order valence-corrected chi connectivity index (χ4v) is 2.85. The second-order valence-electron chi connectivity index (χ2n) is 4.83. The molecule has 0 spiro atoms. The molecule has 2 heteroatoms. The molecule has 0 bridgehead atoms. The van der Waals surface area contributed by atoms with Crippen LogP contribution in [0.3, 0.4) is 0 Å². The first kappa shape index (κ1) is 10.0. The fourth-order valence-electron chi connectivity index (χ4n) is 2.85. The molecule has 2 aliphatic rings. The molecule has 1 heterocycles. The maximum absolute atomic E-state index is 7.72. The van der Waals surface area contributed by atoms with Crippen LogP contribution in [-0.2, 0) is 0 Å². The number of nitrogens with one attached hydrogen (secondary N) is 1. The van der Waals surface area contributed by atoms with Gasteiger partial charge in [0.2, 0.25) is 0 Å². The Balaban J connectivity index is 1.60. The average Bonchev–Trinajstić information content (AvgIpc) is 2.78. The normalized spacial score (nSPS) is 23.7. The van der Waals surface area contributed by atoms with Gasteiger partial charge in [-0.15, -0.1) is 0 Å². The maximum Gasteiger partial charge on any atom is 0.0958 e. The zero-order valence-corrected chi connectivity index (χ0v) is 9.10.